The molecule has 0 bridgehead atoms. The van der Waals surface area contributed by atoms with E-state index in [0.29, 0.717) is 19.1 Å². The minimum atomic E-state index is -0.514. The fraction of sp³-hybridized carbons (Fsp3) is 0.733. The molecule has 0 aliphatic heterocycles. The van der Waals surface area contributed by atoms with Gasteiger partial charge in [0.05, 0.1) is 18.3 Å². The highest BCUT2D eigenvalue weighted by atomic mass is 32.2. The van der Waals surface area contributed by atoms with E-state index in [1.165, 1.54) is 0 Å². The fourth-order valence-electron chi connectivity index (χ4n) is 2.07. The van der Waals surface area contributed by atoms with Crippen LogP contribution in [0.3, 0.4) is 0 Å². The third kappa shape index (κ3) is 6.09. The second kappa shape index (κ2) is 9.84. The number of hydrogen-bond acceptors (Lipinski definition) is 5. The summed E-state index contributed by atoms with van der Waals surface area (Å²) in [6.07, 6.45) is 4.88. The standard InChI is InChI=1S/C15H27N3O2S/c1-4-13(5-2)18-9-7-12(17-18)11-21-10-8-14(16)15(19)20-6-3/h7,9,13-14H,4-6,8,10-11,16H2,1-3H3. The molecule has 0 fully saturated rings. The summed E-state index contributed by atoms with van der Waals surface area (Å²) in [6.45, 7) is 6.53. The van der Waals surface area contributed by atoms with Gasteiger partial charge in [-0.15, -0.1) is 0 Å². The molecule has 1 heterocycles. The van der Waals surface area contributed by atoms with Crippen LogP contribution < -0.4 is 5.73 Å². The lowest BCUT2D eigenvalue weighted by molar-refractivity contribution is -0.144. The van der Waals surface area contributed by atoms with Crippen LogP contribution in [0.5, 0.6) is 0 Å². The van der Waals surface area contributed by atoms with Gasteiger partial charge in [-0.25, -0.2) is 0 Å². The lowest BCUT2D eigenvalue weighted by Gasteiger charge is -2.12. The van der Waals surface area contributed by atoms with Crippen LogP contribution in [0.15, 0.2) is 12.3 Å². The molecule has 1 aromatic heterocycles. The van der Waals surface area contributed by atoms with E-state index in [0.717, 1.165) is 30.0 Å². The molecule has 0 saturated heterocycles. The van der Waals surface area contributed by atoms with Crippen LogP contribution >= 0.6 is 11.8 Å². The van der Waals surface area contributed by atoms with Gasteiger partial charge in [-0.3, -0.25) is 9.48 Å². The van der Waals surface area contributed by atoms with Gasteiger partial charge >= 0.3 is 5.97 Å². The fourth-order valence-corrected chi connectivity index (χ4v) is 3.00. The largest absolute Gasteiger partial charge is 0.465 e. The zero-order valence-electron chi connectivity index (χ0n) is 13.2. The number of rotatable bonds is 10. The Bertz CT molecular complexity index is 419. The third-order valence-electron chi connectivity index (χ3n) is 3.39. The third-order valence-corrected chi connectivity index (χ3v) is 4.42. The molecule has 6 heteroatoms. The second-order valence-electron chi connectivity index (χ2n) is 4.96. The molecule has 0 aromatic carbocycles. The average molecular weight is 313 g/mol. The number of nitrogens with two attached hydrogens (primary N) is 1. The Balaban J connectivity index is 2.28. The van der Waals surface area contributed by atoms with Crippen LogP contribution in [-0.4, -0.2) is 34.2 Å². The predicted octanol–water partition coefficient (Wildman–Crippen LogP) is 2.76. The van der Waals surface area contributed by atoms with Gasteiger partial charge in [-0.1, -0.05) is 13.8 Å². The van der Waals surface area contributed by atoms with Crippen LogP contribution in [0, 0.1) is 0 Å². The molecule has 21 heavy (non-hydrogen) atoms. The van der Waals surface area contributed by atoms with E-state index < -0.39 is 6.04 Å². The minimum absolute atomic E-state index is 0.309. The number of nitrogens with zero attached hydrogens (tertiary/aromatic N) is 2. The van der Waals surface area contributed by atoms with Gasteiger partial charge in [0.25, 0.3) is 0 Å². The van der Waals surface area contributed by atoms with Crippen LogP contribution in [-0.2, 0) is 15.3 Å². The summed E-state index contributed by atoms with van der Waals surface area (Å²) in [5.74, 6) is 1.37. The average Bonchev–Trinajstić information content (AvgIpc) is 2.93. The zero-order valence-corrected chi connectivity index (χ0v) is 14.1. The van der Waals surface area contributed by atoms with Crippen molar-refractivity contribution in [3.63, 3.8) is 0 Å². The van der Waals surface area contributed by atoms with Gasteiger partial charge in [0.2, 0.25) is 0 Å². The smallest absolute Gasteiger partial charge is 0.322 e. The number of carbonyl (C=O) groups excluding carboxylic acids is 1. The summed E-state index contributed by atoms with van der Waals surface area (Å²) in [4.78, 5) is 11.4. The Labute approximate surface area is 131 Å². The number of aromatic nitrogens is 2. The monoisotopic (exact) mass is 313 g/mol. The Hall–Kier alpha value is -1.01. The van der Waals surface area contributed by atoms with Crippen LogP contribution in [0.25, 0.3) is 0 Å². The van der Waals surface area contributed by atoms with Crippen molar-refractivity contribution in [2.75, 3.05) is 12.4 Å². The highest BCUT2D eigenvalue weighted by Crippen LogP contribution is 2.17. The molecular weight excluding hydrogens is 286 g/mol. The van der Waals surface area contributed by atoms with Gasteiger partial charge in [-0.2, -0.15) is 16.9 Å². The van der Waals surface area contributed by atoms with Gasteiger partial charge in [-0.05, 0) is 38.0 Å². The maximum Gasteiger partial charge on any atom is 0.322 e. The first-order valence-electron chi connectivity index (χ1n) is 7.66. The lowest BCUT2D eigenvalue weighted by atomic mass is 10.2. The van der Waals surface area contributed by atoms with Crippen molar-refractivity contribution >= 4 is 17.7 Å². The highest BCUT2D eigenvalue weighted by molar-refractivity contribution is 7.98. The van der Waals surface area contributed by atoms with Crippen molar-refractivity contribution in [2.24, 2.45) is 5.73 Å². The van der Waals surface area contributed by atoms with E-state index in [4.69, 9.17) is 10.5 Å². The molecule has 1 atom stereocenters. The topological polar surface area (TPSA) is 70.1 Å². The molecule has 0 saturated carbocycles. The first kappa shape index (κ1) is 18.0. The van der Waals surface area contributed by atoms with E-state index in [2.05, 4.69) is 35.9 Å². The van der Waals surface area contributed by atoms with Crippen LogP contribution in [0.1, 0.15) is 51.8 Å². The maximum absolute atomic E-state index is 11.4. The van der Waals surface area contributed by atoms with Gasteiger partial charge in [0.15, 0.2) is 0 Å². The molecule has 1 unspecified atom stereocenters. The minimum Gasteiger partial charge on any atom is -0.465 e. The molecular formula is C15H27N3O2S. The zero-order chi connectivity index (χ0) is 15.7. The summed E-state index contributed by atoms with van der Waals surface area (Å²) >= 11 is 1.75. The van der Waals surface area contributed by atoms with Gasteiger partial charge in [0, 0.05) is 11.9 Å². The molecule has 0 amide bonds. The normalized spacial score (nSPS) is 12.6. The molecule has 0 aliphatic carbocycles. The number of hydrogen-bond donors (Lipinski definition) is 1. The summed E-state index contributed by atoms with van der Waals surface area (Å²) in [5, 5.41) is 4.61. The molecule has 1 rings (SSSR count). The number of thioether (sulfide) groups is 1. The van der Waals surface area contributed by atoms with Gasteiger partial charge in [0.1, 0.15) is 6.04 Å². The summed E-state index contributed by atoms with van der Waals surface area (Å²) in [7, 11) is 0. The Morgan fingerprint density at radius 2 is 2.14 bits per heavy atom. The second-order valence-corrected chi connectivity index (χ2v) is 6.06. The van der Waals surface area contributed by atoms with E-state index in [-0.39, 0.29) is 5.97 Å². The molecule has 0 radical (unpaired) electrons. The van der Waals surface area contributed by atoms with Crippen LogP contribution in [0.2, 0.25) is 0 Å². The lowest BCUT2D eigenvalue weighted by Crippen LogP contribution is -2.32. The van der Waals surface area contributed by atoms with E-state index >= 15 is 0 Å². The van der Waals surface area contributed by atoms with Crippen molar-refractivity contribution in [3.8, 4) is 0 Å². The van der Waals surface area contributed by atoms with E-state index in [1.807, 2.05) is 0 Å². The molecule has 0 spiro atoms. The Morgan fingerprint density at radius 3 is 2.76 bits per heavy atom. The first-order valence-corrected chi connectivity index (χ1v) is 8.81. The molecule has 0 aliphatic rings. The van der Waals surface area contributed by atoms with Crippen molar-refractivity contribution in [1.29, 1.82) is 0 Å². The number of esters is 1. The maximum atomic E-state index is 11.4. The molecule has 120 valence electrons. The number of carbonyl (C=O) groups is 1. The van der Waals surface area contributed by atoms with E-state index in [1.54, 1.807) is 18.7 Å². The van der Waals surface area contributed by atoms with E-state index in [9.17, 15) is 4.79 Å². The SMILES string of the molecule is CCOC(=O)C(N)CCSCc1ccn(C(CC)CC)n1. The summed E-state index contributed by atoms with van der Waals surface area (Å²) in [5.41, 5.74) is 6.84. The summed E-state index contributed by atoms with van der Waals surface area (Å²) < 4.78 is 6.94. The molecule has 5 nitrogen and oxygen atoms in total. The highest BCUT2D eigenvalue weighted by Gasteiger charge is 2.14. The van der Waals surface area contributed by atoms with Crippen molar-refractivity contribution in [2.45, 2.75) is 57.9 Å². The Kier molecular flexibility index (Phi) is 8.45. The van der Waals surface area contributed by atoms with Crippen molar-refractivity contribution in [1.82, 2.24) is 9.78 Å². The van der Waals surface area contributed by atoms with Crippen molar-refractivity contribution in [3.05, 3.63) is 18.0 Å². The molecule has 1 aromatic rings. The molecule has 2 N–H and O–H groups in total. The first-order chi connectivity index (χ1) is 10.1. The van der Waals surface area contributed by atoms with Gasteiger partial charge < -0.3 is 10.5 Å². The predicted molar refractivity (Wildman–Crippen MR) is 87.2 cm³/mol. The Morgan fingerprint density at radius 1 is 1.43 bits per heavy atom. The van der Waals surface area contributed by atoms with Crippen molar-refractivity contribution < 1.29 is 9.53 Å². The summed E-state index contributed by atoms with van der Waals surface area (Å²) in [6, 6.07) is 2.04. The quantitative estimate of drug-likeness (QED) is 0.531. The van der Waals surface area contributed by atoms with Crippen LogP contribution in [0.4, 0.5) is 0 Å². The number of ether oxygens (including phenoxy) is 1.